The third kappa shape index (κ3) is 6.17. The van der Waals surface area contributed by atoms with Crippen LogP contribution in [-0.4, -0.2) is 74.7 Å². The fraction of sp³-hybridized carbons (Fsp3) is 0.692. The molecular formula is C26H39N3O2. The Balaban J connectivity index is 1.15. The van der Waals surface area contributed by atoms with Crippen LogP contribution in [0.15, 0.2) is 18.2 Å². The molecule has 3 aliphatic heterocycles. The molecule has 5 nitrogen and oxygen atoms in total. The zero-order valence-corrected chi connectivity index (χ0v) is 19.0. The van der Waals surface area contributed by atoms with E-state index < -0.39 is 0 Å². The van der Waals surface area contributed by atoms with Gasteiger partial charge in [-0.3, -0.25) is 9.59 Å². The van der Waals surface area contributed by atoms with Crippen molar-refractivity contribution in [2.45, 2.75) is 51.4 Å². The van der Waals surface area contributed by atoms with Crippen molar-refractivity contribution in [3.05, 3.63) is 29.3 Å². The number of carbonyl (C=O) groups excluding carboxylic acids is 2. The molecule has 0 N–H and O–H groups in total. The Bertz CT molecular complexity index is 715. The Morgan fingerprint density at radius 2 is 1.42 bits per heavy atom. The van der Waals surface area contributed by atoms with E-state index in [0.29, 0.717) is 11.1 Å². The first-order valence-corrected chi connectivity index (χ1v) is 12.5. The van der Waals surface area contributed by atoms with Gasteiger partial charge in [0.15, 0.2) is 12.6 Å². The summed E-state index contributed by atoms with van der Waals surface area (Å²) in [5.74, 6) is 1.72. The van der Waals surface area contributed by atoms with Crippen LogP contribution in [0.5, 0.6) is 0 Å². The summed E-state index contributed by atoms with van der Waals surface area (Å²) in [4.78, 5) is 30.1. The summed E-state index contributed by atoms with van der Waals surface area (Å²) in [5.41, 5.74) is 2.05. The standard InChI is InChI=1S/C26H39N3O2/c30-20-24-4-5-26(18-25(24)21-31)29-16-9-22(10-17-29)6-13-27-14-7-23(8-15-27)19-28-11-2-1-3-12-28/h4-5,18,20-23H,1-3,6-17,19H2. The summed E-state index contributed by atoms with van der Waals surface area (Å²) in [6.45, 7) is 9.91. The fourth-order valence-electron chi connectivity index (χ4n) is 5.71. The highest BCUT2D eigenvalue weighted by molar-refractivity contribution is 5.91. The zero-order chi connectivity index (χ0) is 21.5. The average molecular weight is 426 g/mol. The van der Waals surface area contributed by atoms with E-state index in [-0.39, 0.29) is 0 Å². The molecule has 0 radical (unpaired) electrons. The number of rotatable bonds is 8. The van der Waals surface area contributed by atoms with Crippen LogP contribution >= 0.6 is 0 Å². The normalized spacial score (nSPS) is 22.5. The maximum Gasteiger partial charge on any atom is 0.150 e. The molecule has 0 amide bonds. The van der Waals surface area contributed by atoms with E-state index in [9.17, 15) is 9.59 Å². The highest BCUT2D eigenvalue weighted by Crippen LogP contribution is 2.27. The molecule has 3 fully saturated rings. The number of hydrogen-bond acceptors (Lipinski definition) is 5. The largest absolute Gasteiger partial charge is 0.371 e. The second-order valence-electron chi connectivity index (χ2n) is 9.91. The minimum absolute atomic E-state index is 0.480. The maximum absolute atomic E-state index is 11.2. The van der Waals surface area contributed by atoms with Gasteiger partial charge in [0.2, 0.25) is 0 Å². The van der Waals surface area contributed by atoms with Crippen LogP contribution in [0.3, 0.4) is 0 Å². The molecular weight excluding hydrogens is 386 g/mol. The van der Waals surface area contributed by atoms with Crippen LogP contribution in [0.25, 0.3) is 0 Å². The molecule has 31 heavy (non-hydrogen) atoms. The van der Waals surface area contributed by atoms with Crippen LogP contribution in [0.2, 0.25) is 0 Å². The molecule has 4 rings (SSSR count). The van der Waals surface area contributed by atoms with Crippen molar-refractivity contribution < 1.29 is 9.59 Å². The smallest absolute Gasteiger partial charge is 0.150 e. The summed E-state index contributed by atoms with van der Waals surface area (Å²) in [7, 11) is 0. The number of benzene rings is 1. The van der Waals surface area contributed by atoms with Crippen LogP contribution in [-0.2, 0) is 0 Å². The van der Waals surface area contributed by atoms with E-state index in [2.05, 4.69) is 14.7 Å². The lowest BCUT2D eigenvalue weighted by molar-refractivity contribution is 0.109. The van der Waals surface area contributed by atoms with Gasteiger partial charge in [-0.15, -0.1) is 0 Å². The summed E-state index contributed by atoms with van der Waals surface area (Å²) < 4.78 is 0. The van der Waals surface area contributed by atoms with Crippen LogP contribution < -0.4 is 4.90 Å². The highest BCUT2D eigenvalue weighted by atomic mass is 16.1. The van der Waals surface area contributed by atoms with Gasteiger partial charge in [-0.25, -0.2) is 0 Å². The van der Waals surface area contributed by atoms with Crippen LogP contribution in [0.4, 0.5) is 5.69 Å². The van der Waals surface area contributed by atoms with E-state index in [1.807, 2.05) is 12.1 Å². The van der Waals surface area contributed by atoms with Crippen molar-refractivity contribution in [3.8, 4) is 0 Å². The van der Waals surface area contributed by atoms with Gasteiger partial charge in [0.25, 0.3) is 0 Å². The first kappa shape index (κ1) is 22.5. The van der Waals surface area contributed by atoms with Crippen LogP contribution in [0.1, 0.15) is 72.1 Å². The summed E-state index contributed by atoms with van der Waals surface area (Å²) in [6, 6.07) is 5.61. The Morgan fingerprint density at radius 1 is 0.742 bits per heavy atom. The molecule has 170 valence electrons. The summed E-state index contributed by atoms with van der Waals surface area (Å²) >= 11 is 0. The first-order valence-electron chi connectivity index (χ1n) is 12.5. The molecule has 0 atom stereocenters. The molecule has 1 aromatic rings. The Morgan fingerprint density at radius 3 is 2.10 bits per heavy atom. The maximum atomic E-state index is 11.2. The number of aldehydes is 2. The van der Waals surface area contributed by atoms with E-state index >= 15 is 0 Å². The van der Waals surface area contributed by atoms with Crippen molar-refractivity contribution in [2.24, 2.45) is 11.8 Å². The quantitative estimate of drug-likeness (QED) is 0.586. The average Bonchev–Trinajstić information content (AvgIpc) is 2.84. The third-order valence-electron chi connectivity index (χ3n) is 7.83. The predicted octanol–water partition coefficient (Wildman–Crippen LogP) is 4.12. The number of nitrogens with zero attached hydrogens (tertiary/aromatic N) is 3. The first-order chi connectivity index (χ1) is 15.2. The van der Waals surface area contributed by atoms with E-state index in [1.165, 1.54) is 90.6 Å². The van der Waals surface area contributed by atoms with Gasteiger partial charge in [-0.05, 0) is 108 Å². The second kappa shape index (κ2) is 11.2. The zero-order valence-electron chi connectivity index (χ0n) is 19.0. The van der Waals surface area contributed by atoms with Gasteiger partial charge in [0.1, 0.15) is 0 Å². The highest BCUT2D eigenvalue weighted by Gasteiger charge is 2.24. The van der Waals surface area contributed by atoms with Gasteiger partial charge in [0.05, 0.1) is 0 Å². The minimum atomic E-state index is 0.480. The van der Waals surface area contributed by atoms with Crippen molar-refractivity contribution in [3.63, 3.8) is 0 Å². The van der Waals surface area contributed by atoms with Gasteiger partial charge in [-0.2, -0.15) is 0 Å². The van der Waals surface area contributed by atoms with Crippen molar-refractivity contribution >= 4 is 18.3 Å². The molecule has 3 aliphatic rings. The molecule has 3 saturated heterocycles. The Labute approximate surface area is 187 Å². The minimum Gasteiger partial charge on any atom is -0.371 e. The lowest BCUT2D eigenvalue weighted by Gasteiger charge is -2.37. The lowest BCUT2D eigenvalue weighted by atomic mass is 9.91. The van der Waals surface area contributed by atoms with Crippen molar-refractivity contribution in [1.82, 2.24) is 9.80 Å². The third-order valence-corrected chi connectivity index (χ3v) is 7.83. The fourth-order valence-corrected chi connectivity index (χ4v) is 5.71. The monoisotopic (exact) mass is 425 g/mol. The number of carbonyl (C=O) groups is 2. The van der Waals surface area contributed by atoms with Gasteiger partial charge >= 0.3 is 0 Å². The van der Waals surface area contributed by atoms with E-state index in [1.54, 1.807) is 6.07 Å². The van der Waals surface area contributed by atoms with Crippen LogP contribution in [0, 0.1) is 11.8 Å². The van der Waals surface area contributed by atoms with Crippen molar-refractivity contribution in [1.29, 1.82) is 0 Å². The molecule has 0 aromatic heterocycles. The van der Waals surface area contributed by atoms with Crippen molar-refractivity contribution in [2.75, 3.05) is 57.3 Å². The number of likely N-dealkylation sites (tertiary alicyclic amines) is 2. The topological polar surface area (TPSA) is 43.9 Å². The predicted molar refractivity (Wildman–Crippen MR) is 126 cm³/mol. The second-order valence-corrected chi connectivity index (χ2v) is 9.91. The van der Waals surface area contributed by atoms with Gasteiger partial charge in [-0.1, -0.05) is 6.42 Å². The Kier molecular flexibility index (Phi) is 8.15. The van der Waals surface area contributed by atoms with Gasteiger partial charge in [0, 0.05) is 36.4 Å². The molecule has 0 bridgehead atoms. The molecule has 0 spiro atoms. The summed E-state index contributed by atoms with van der Waals surface area (Å²) in [6.07, 6.45) is 12.3. The Hall–Kier alpha value is -1.72. The van der Waals surface area contributed by atoms with Gasteiger partial charge < -0.3 is 14.7 Å². The molecule has 1 aromatic carbocycles. The molecule has 0 unspecified atom stereocenters. The van der Waals surface area contributed by atoms with E-state index in [4.69, 9.17) is 0 Å². The SMILES string of the molecule is O=Cc1ccc(N2CCC(CCN3CCC(CN4CCCCC4)CC3)CC2)cc1C=O. The molecule has 5 heteroatoms. The molecule has 3 heterocycles. The lowest BCUT2D eigenvalue weighted by Crippen LogP contribution is -2.41. The van der Waals surface area contributed by atoms with E-state index in [0.717, 1.165) is 43.2 Å². The number of anilines is 1. The number of hydrogen-bond donors (Lipinski definition) is 0. The summed E-state index contributed by atoms with van der Waals surface area (Å²) in [5, 5.41) is 0. The molecule has 0 saturated carbocycles. The molecule has 0 aliphatic carbocycles. The number of piperidine rings is 3.